The van der Waals surface area contributed by atoms with Gasteiger partial charge in [0.1, 0.15) is 5.60 Å². The SMILES string of the molecule is CCS(=O)(=O)c1ccc(CNC(=O)c2ccc3c(c2)CN(C(=O)OC(C)(C)C)C3C(C)C)cc1. The Balaban J connectivity index is 1.72. The molecule has 1 heterocycles. The van der Waals surface area contributed by atoms with Gasteiger partial charge < -0.3 is 10.1 Å². The number of hydrogen-bond donors (Lipinski definition) is 1. The van der Waals surface area contributed by atoms with E-state index in [0.717, 1.165) is 16.7 Å². The number of nitrogens with zero attached hydrogens (tertiary/aromatic N) is 1. The Kier molecular flexibility index (Phi) is 7.41. The predicted octanol–water partition coefficient (Wildman–Crippen LogP) is 4.86. The number of fused-ring (bicyclic) bond motifs is 1. The van der Waals surface area contributed by atoms with Crippen molar-refractivity contribution in [2.24, 2.45) is 5.92 Å². The van der Waals surface area contributed by atoms with Crippen LogP contribution in [0.15, 0.2) is 47.4 Å². The fourth-order valence-electron chi connectivity index (χ4n) is 4.11. The van der Waals surface area contributed by atoms with E-state index in [1.807, 2.05) is 32.9 Å². The molecule has 1 unspecified atom stereocenters. The first-order valence-corrected chi connectivity index (χ1v) is 13.2. The molecule has 34 heavy (non-hydrogen) atoms. The highest BCUT2D eigenvalue weighted by Crippen LogP contribution is 2.39. The summed E-state index contributed by atoms with van der Waals surface area (Å²) in [4.78, 5) is 27.6. The van der Waals surface area contributed by atoms with Crippen LogP contribution in [-0.4, -0.2) is 36.7 Å². The van der Waals surface area contributed by atoms with E-state index in [2.05, 4.69) is 19.2 Å². The highest BCUT2D eigenvalue weighted by atomic mass is 32.2. The van der Waals surface area contributed by atoms with Gasteiger partial charge in [-0.25, -0.2) is 13.2 Å². The molecule has 0 aromatic heterocycles. The van der Waals surface area contributed by atoms with Crippen LogP contribution in [0.3, 0.4) is 0 Å². The van der Waals surface area contributed by atoms with Gasteiger partial charge in [-0.1, -0.05) is 39.0 Å². The molecular weight excluding hydrogens is 452 g/mol. The first kappa shape index (κ1) is 25.7. The number of sulfone groups is 1. The third-order valence-electron chi connectivity index (χ3n) is 5.78. The summed E-state index contributed by atoms with van der Waals surface area (Å²) in [6.07, 6.45) is -0.359. The topological polar surface area (TPSA) is 92.8 Å². The molecule has 0 saturated carbocycles. The molecular formula is C26H34N2O5S. The van der Waals surface area contributed by atoms with Crippen LogP contribution in [0.2, 0.25) is 0 Å². The lowest BCUT2D eigenvalue weighted by Crippen LogP contribution is -2.37. The van der Waals surface area contributed by atoms with E-state index in [1.54, 1.807) is 42.2 Å². The number of amides is 2. The van der Waals surface area contributed by atoms with Crippen molar-refractivity contribution in [1.82, 2.24) is 10.2 Å². The molecule has 0 bridgehead atoms. The average Bonchev–Trinajstić information content (AvgIpc) is 3.16. The van der Waals surface area contributed by atoms with E-state index in [9.17, 15) is 18.0 Å². The van der Waals surface area contributed by atoms with Gasteiger partial charge in [0.2, 0.25) is 0 Å². The molecule has 1 aliphatic heterocycles. The summed E-state index contributed by atoms with van der Waals surface area (Å²) in [6, 6.07) is 12.0. The molecule has 2 amide bonds. The lowest BCUT2D eigenvalue weighted by atomic mass is 9.94. The third kappa shape index (κ3) is 5.78. The van der Waals surface area contributed by atoms with Gasteiger partial charge in [0.05, 0.1) is 23.2 Å². The lowest BCUT2D eigenvalue weighted by Gasteiger charge is -2.30. The predicted molar refractivity (Wildman–Crippen MR) is 131 cm³/mol. The van der Waals surface area contributed by atoms with Crippen molar-refractivity contribution in [3.05, 3.63) is 64.7 Å². The Labute approximate surface area is 202 Å². The molecule has 2 aromatic carbocycles. The molecule has 184 valence electrons. The van der Waals surface area contributed by atoms with Gasteiger partial charge in [-0.05, 0) is 67.6 Å². The Bertz CT molecular complexity index is 1160. The fraction of sp³-hybridized carbons (Fsp3) is 0.462. The van der Waals surface area contributed by atoms with Crippen molar-refractivity contribution in [2.75, 3.05) is 5.75 Å². The maximum Gasteiger partial charge on any atom is 0.411 e. The first-order valence-electron chi connectivity index (χ1n) is 11.5. The average molecular weight is 487 g/mol. The minimum Gasteiger partial charge on any atom is -0.444 e. The summed E-state index contributed by atoms with van der Waals surface area (Å²) in [6.45, 7) is 11.9. The van der Waals surface area contributed by atoms with Crippen LogP contribution in [0, 0.1) is 5.92 Å². The molecule has 2 aromatic rings. The van der Waals surface area contributed by atoms with E-state index in [0.29, 0.717) is 12.1 Å². The van der Waals surface area contributed by atoms with E-state index in [-0.39, 0.29) is 41.2 Å². The third-order valence-corrected chi connectivity index (χ3v) is 7.53. The summed E-state index contributed by atoms with van der Waals surface area (Å²) < 4.78 is 29.5. The Morgan fingerprint density at radius 3 is 2.32 bits per heavy atom. The van der Waals surface area contributed by atoms with Crippen LogP contribution < -0.4 is 5.32 Å². The van der Waals surface area contributed by atoms with Crippen molar-refractivity contribution < 1.29 is 22.7 Å². The van der Waals surface area contributed by atoms with Crippen LogP contribution in [-0.2, 0) is 27.7 Å². The van der Waals surface area contributed by atoms with Crippen molar-refractivity contribution >= 4 is 21.8 Å². The summed E-state index contributed by atoms with van der Waals surface area (Å²) in [5, 5.41) is 2.88. The standard InChI is InChI=1S/C26H34N2O5S/c1-7-34(31,32)21-11-8-18(9-12-21)15-27-24(29)19-10-13-22-20(14-19)16-28(23(22)17(2)3)25(30)33-26(4,5)6/h8-14,17,23H,7,15-16H2,1-6H3,(H,27,29). The normalized spacial score (nSPS) is 15.9. The van der Waals surface area contributed by atoms with Gasteiger partial charge in [-0.2, -0.15) is 0 Å². The van der Waals surface area contributed by atoms with E-state index < -0.39 is 15.4 Å². The van der Waals surface area contributed by atoms with E-state index >= 15 is 0 Å². The van der Waals surface area contributed by atoms with Gasteiger partial charge in [-0.3, -0.25) is 9.69 Å². The monoisotopic (exact) mass is 486 g/mol. The molecule has 1 aliphatic rings. The van der Waals surface area contributed by atoms with E-state index in [4.69, 9.17) is 4.74 Å². The zero-order valence-electron chi connectivity index (χ0n) is 20.7. The number of nitrogens with one attached hydrogen (secondary N) is 1. The second-order valence-corrected chi connectivity index (χ2v) is 12.2. The fourth-order valence-corrected chi connectivity index (χ4v) is 4.99. The van der Waals surface area contributed by atoms with Gasteiger partial charge in [0.25, 0.3) is 5.91 Å². The largest absolute Gasteiger partial charge is 0.444 e. The molecule has 3 rings (SSSR count). The summed E-state index contributed by atoms with van der Waals surface area (Å²) in [5.41, 5.74) is 2.70. The maximum atomic E-state index is 12.8. The molecule has 0 saturated heterocycles. The highest BCUT2D eigenvalue weighted by molar-refractivity contribution is 7.91. The van der Waals surface area contributed by atoms with Crippen LogP contribution in [0.5, 0.6) is 0 Å². The number of benzene rings is 2. The minimum absolute atomic E-state index is 0.0461. The Morgan fingerprint density at radius 1 is 1.12 bits per heavy atom. The molecule has 7 nitrogen and oxygen atoms in total. The second kappa shape index (κ2) is 9.78. The zero-order chi connectivity index (χ0) is 25.3. The second-order valence-electron chi connectivity index (χ2n) is 9.94. The highest BCUT2D eigenvalue weighted by Gasteiger charge is 2.38. The molecule has 0 radical (unpaired) electrons. The van der Waals surface area contributed by atoms with Gasteiger partial charge in [0.15, 0.2) is 9.84 Å². The van der Waals surface area contributed by atoms with Gasteiger partial charge in [-0.15, -0.1) is 0 Å². The first-order chi connectivity index (χ1) is 15.8. The molecule has 0 spiro atoms. The van der Waals surface area contributed by atoms with Crippen LogP contribution in [0.4, 0.5) is 4.79 Å². The Hall–Kier alpha value is -2.87. The molecule has 1 N–H and O–H groups in total. The number of hydrogen-bond acceptors (Lipinski definition) is 5. The number of carbonyl (C=O) groups excluding carboxylic acids is 2. The maximum absolute atomic E-state index is 12.8. The van der Waals surface area contributed by atoms with Crippen molar-refractivity contribution in [3.8, 4) is 0 Å². The number of ether oxygens (including phenoxy) is 1. The minimum atomic E-state index is -3.25. The quantitative estimate of drug-likeness (QED) is 0.630. The number of carbonyl (C=O) groups is 2. The van der Waals surface area contributed by atoms with E-state index in [1.165, 1.54) is 0 Å². The van der Waals surface area contributed by atoms with Crippen molar-refractivity contribution in [1.29, 1.82) is 0 Å². The zero-order valence-corrected chi connectivity index (χ0v) is 21.5. The number of rotatable bonds is 6. The van der Waals surface area contributed by atoms with Crippen LogP contribution >= 0.6 is 0 Å². The van der Waals surface area contributed by atoms with Crippen molar-refractivity contribution in [2.45, 2.75) is 71.2 Å². The van der Waals surface area contributed by atoms with Crippen LogP contribution in [0.1, 0.15) is 74.6 Å². The summed E-state index contributed by atoms with van der Waals surface area (Å²) in [5.74, 6) is 0.00237. The lowest BCUT2D eigenvalue weighted by molar-refractivity contribution is 0.0127. The summed E-state index contributed by atoms with van der Waals surface area (Å²) >= 11 is 0. The smallest absolute Gasteiger partial charge is 0.411 e. The Morgan fingerprint density at radius 2 is 1.76 bits per heavy atom. The van der Waals surface area contributed by atoms with Gasteiger partial charge in [0, 0.05) is 12.1 Å². The van der Waals surface area contributed by atoms with Crippen molar-refractivity contribution in [3.63, 3.8) is 0 Å². The molecule has 0 aliphatic carbocycles. The molecule has 0 fully saturated rings. The summed E-state index contributed by atoms with van der Waals surface area (Å²) in [7, 11) is -3.25. The van der Waals surface area contributed by atoms with Gasteiger partial charge >= 0.3 is 6.09 Å². The molecule has 8 heteroatoms. The molecule has 1 atom stereocenters. The van der Waals surface area contributed by atoms with Crippen LogP contribution in [0.25, 0.3) is 0 Å².